The molecule has 0 unspecified atom stereocenters. The molecule has 0 amide bonds. The second-order valence-electron chi connectivity index (χ2n) is 7.29. The SMILES string of the molecule is CCc1cc(S(F)(F)(F)(F)F)cc(Cl)c1-n1nc2nc(C(F)F)nc(C(F)(F)F)c2c1N(C)C. The van der Waals surface area contributed by atoms with Gasteiger partial charge in [-0.25, -0.2) is 23.4 Å². The highest BCUT2D eigenvalue weighted by Crippen LogP contribution is 3.02. The monoisotopic (exact) mass is 545 g/mol. The molecule has 190 valence electrons. The third kappa shape index (κ3) is 4.69. The summed E-state index contributed by atoms with van der Waals surface area (Å²) in [6, 6.07) is 0.0554. The van der Waals surface area contributed by atoms with Crippen LogP contribution in [0.15, 0.2) is 17.0 Å². The Hall–Kier alpha value is -2.49. The maximum Gasteiger partial charge on any atom is 0.434 e. The van der Waals surface area contributed by atoms with Crippen LogP contribution in [0.1, 0.15) is 30.4 Å². The summed E-state index contributed by atoms with van der Waals surface area (Å²) >= 11 is 5.92. The highest BCUT2D eigenvalue weighted by atomic mass is 35.5. The average Bonchev–Trinajstić information content (AvgIpc) is 3.02. The van der Waals surface area contributed by atoms with Crippen LogP contribution in [0, 0.1) is 0 Å². The van der Waals surface area contributed by atoms with Crippen LogP contribution in [0.2, 0.25) is 5.02 Å². The molecule has 3 aromatic rings. The van der Waals surface area contributed by atoms with Crippen molar-refractivity contribution in [2.45, 2.75) is 30.8 Å². The maximum absolute atomic E-state index is 13.7. The highest BCUT2D eigenvalue weighted by molar-refractivity contribution is 8.45. The van der Waals surface area contributed by atoms with E-state index in [0.29, 0.717) is 4.68 Å². The number of benzene rings is 1. The molecule has 17 heteroatoms. The maximum atomic E-state index is 13.7. The van der Waals surface area contributed by atoms with Crippen LogP contribution in [0.3, 0.4) is 0 Å². The van der Waals surface area contributed by atoms with E-state index in [2.05, 4.69) is 15.1 Å². The third-order valence-electron chi connectivity index (χ3n) is 4.57. The van der Waals surface area contributed by atoms with Crippen molar-refractivity contribution >= 4 is 38.7 Å². The van der Waals surface area contributed by atoms with Gasteiger partial charge in [0.25, 0.3) is 6.43 Å². The number of aryl methyl sites for hydroxylation is 1. The molecule has 5 nitrogen and oxygen atoms in total. The van der Waals surface area contributed by atoms with Gasteiger partial charge < -0.3 is 4.90 Å². The Balaban J connectivity index is 2.49. The molecule has 1 aromatic carbocycles. The average molecular weight is 546 g/mol. The topological polar surface area (TPSA) is 46.8 Å². The lowest BCUT2D eigenvalue weighted by Gasteiger charge is -2.41. The summed E-state index contributed by atoms with van der Waals surface area (Å²) in [5.41, 5.74) is -3.51. The molecule has 0 aliphatic heterocycles. The summed E-state index contributed by atoms with van der Waals surface area (Å²) in [6.07, 6.45) is -9.06. The number of hydrogen-bond acceptors (Lipinski definition) is 4. The van der Waals surface area contributed by atoms with Crippen molar-refractivity contribution in [1.29, 1.82) is 0 Å². The van der Waals surface area contributed by atoms with E-state index in [0.717, 1.165) is 4.90 Å². The molecule has 0 bridgehead atoms. The van der Waals surface area contributed by atoms with Crippen molar-refractivity contribution < 1.29 is 41.4 Å². The predicted molar refractivity (Wildman–Crippen MR) is 107 cm³/mol. The van der Waals surface area contributed by atoms with Crippen LogP contribution in [-0.4, -0.2) is 33.8 Å². The fraction of sp³-hybridized carbons (Fsp3) is 0.353. The van der Waals surface area contributed by atoms with Gasteiger partial charge in [-0.15, -0.1) is 5.10 Å². The molecule has 0 saturated carbocycles. The minimum absolute atomic E-state index is 0.0652. The van der Waals surface area contributed by atoms with Gasteiger partial charge in [-0.05, 0) is 24.1 Å². The van der Waals surface area contributed by atoms with Crippen molar-refractivity contribution in [3.63, 3.8) is 0 Å². The number of nitrogens with zero attached hydrogens (tertiary/aromatic N) is 5. The molecule has 0 atom stereocenters. The first kappa shape index (κ1) is 26.1. The van der Waals surface area contributed by atoms with E-state index in [-0.39, 0.29) is 18.6 Å². The lowest BCUT2D eigenvalue weighted by atomic mass is 10.1. The number of fused-ring (bicyclic) bond motifs is 1. The van der Waals surface area contributed by atoms with E-state index in [9.17, 15) is 41.4 Å². The van der Waals surface area contributed by atoms with Crippen molar-refractivity contribution in [1.82, 2.24) is 19.7 Å². The summed E-state index contributed by atoms with van der Waals surface area (Å²) in [7, 11) is -7.69. The van der Waals surface area contributed by atoms with Crippen LogP contribution < -0.4 is 4.90 Å². The number of aromatic nitrogens is 4. The summed E-state index contributed by atoms with van der Waals surface area (Å²) < 4.78 is 135. The van der Waals surface area contributed by atoms with Gasteiger partial charge in [0.2, 0.25) is 0 Å². The Morgan fingerprint density at radius 3 is 2.09 bits per heavy atom. The van der Waals surface area contributed by atoms with Crippen LogP contribution in [0.25, 0.3) is 16.7 Å². The normalized spacial score (nSPS) is 15.0. The van der Waals surface area contributed by atoms with Gasteiger partial charge in [0, 0.05) is 14.1 Å². The van der Waals surface area contributed by atoms with E-state index in [1.807, 2.05) is 0 Å². The molecule has 0 radical (unpaired) electrons. The first-order valence-electron chi connectivity index (χ1n) is 9.06. The fourth-order valence-corrected chi connectivity index (χ4v) is 4.31. The summed E-state index contributed by atoms with van der Waals surface area (Å²) in [6.45, 7) is 1.29. The Bertz CT molecular complexity index is 1290. The van der Waals surface area contributed by atoms with Crippen molar-refractivity contribution in [3.8, 4) is 5.69 Å². The molecule has 0 saturated heterocycles. The largest absolute Gasteiger partial charge is 0.434 e. The van der Waals surface area contributed by atoms with Crippen molar-refractivity contribution in [3.05, 3.63) is 34.2 Å². The van der Waals surface area contributed by atoms with Crippen LogP contribution in [-0.2, 0) is 12.6 Å². The molecular weight excluding hydrogens is 532 g/mol. The van der Waals surface area contributed by atoms with Gasteiger partial charge in [-0.3, -0.25) is 0 Å². The molecule has 0 spiro atoms. The van der Waals surface area contributed by atoms with Gasteiger partial charge in [0.1, 0.15) is 10.7 Å². The molecule has 3 rings (SSSR count). The summed E-state index contributed by atoms with van der Waals surface area (Å²) in [5, 5.41) is 2.02. The molecule has 0 N–H and O–H groups in total. The first-order valence-corrected chi connectivity index (χ1v) is 11.4. The zero-order valence-electron chi connectivity index (χ0n) is 17.2. The third-order valence-corrected chi connectivity index (χ3v) is 5.98. The second kappa shape index (κ2) is 7.26. The lowest BCUT2D eigenvalue weighted by molar-refractivity contribution is -0.140. The summed E-state index contributed by atoms with van der Waals surface area (Å²) in [5.74, 6) is -1.95. The number of halogens is 11. The molecule has 0 fully saturated rings. The van der Waals surface area contributed by atoms with E-state index in [4.69, 9.17) is 11.6 Å². The molecule has 2 aromatic heterocycles. The standard InChI is InChI=1S/C17H14ClF10N5S/c1-4-7-5-8(34(24,25,26,27)28)6-9(18)11(7)33-16(32(2)3)10-12(17(21,22)23)29-15(13(19)20)30-14(10)31-33/h5-6,13H,4H2,1-3H3. The molecule has 0 aliphatic carbocycles. The van der Waals surface area contributed by atoms with Gasteiger partial charge >= 0.3 is 16.4 Å². The highest BCUT2D eigenvalue weighted by Gasteiger charge is 2.65. The Morgan fingerprint density at radius 2 is 1.65 bits per heavy atom. The van der Waals surface area contributed by atoms with Crippen LogP contribution in [0.4, 0.5) is 47.2 Å². The van der Waals surface area contributed by atoms with Gasteiger partial charge in [0.05, 0.1) is 16.1 Å². The number of hydrogen-bond donors (Lipinski definition) is 0. The lowest BCUT2D eigenvalue weighted by Crippen LogP contribution is -2.18. The summed E-state index contributed by atoms with van der Waals surface area (Å²) in [4.78, 5) is 5.00. The van der Waals surface area contributed by atoms with Gasteiger partial charge in [-0.1, -0.05) is 38.0 Å². The number of rotatable bonds is 5. The second-order valence-corrected chi connectivity index (χ2v) is 10.1. The smallest absolute Gasteiger partial charge is 0.362 e. The first-order chi connectivity index (χ1) is 15.2. The van der Waals surface area contributed by atoms with E-state index in [1.54, 1.807) is 0 Å². The van der Waals surface area contributed by atoms with Gasteiger partial charge in [0.15, 0.2) is 17.2 Å². The van der Waals surface area contributed by atoms with Gasteiger partial charge in [-0.2, -0.15) is 13.2 Å². The quantitative estimate of drug-likeness (QED) is 0.308. The zero-order valence-corrected chi connectivity index (χ0v) is 18.8. The number of alkyl halides is 5. The Kier molecular flexibility index (Phi) is 5.57. The molecule has 2 heterocycles. The van der Waals surface area contributed by atoms with E-state index < -0.39 is 72.4 Å². The molecule has 34 heavy (non-hydrogen) atoms. The predicted octanol–water partition coefficient (Wildman–Crippen LogP) is 7.71. The Morgan fingerprint density at radius 1 is 1.06 bits per heavy atom. The Labute approximate surface area is 190 Å². The minimum Gasteiger partial charge on any atom is -0.362 e. The van der Waals surface area contributed by atoms with E-state index >= 15 is 0 Å². The minimum atomic E-state index is -10.2. The van der Waals surface area contributed by atoms with Crippen LogP contribution in [0.5, 0.6) is 0 Å². The van der Waals surface area contributed by atoms with Crippen molar-refractivity contribution in [2.24, 2.45) is 0 Å². The van der Waals surface area contributed by atoms with Crippen LogP contribution >= 0.6 is 21.8 Å². The zero-order chi connectivity index (χ0) is 26.1. The molecule has 0 aliphatic rings. The fourth-order valence-electron chi connectivity index (χ4n) is 3.22. The van der Waals surface area contributed by atoms with Crippen molar-refractivity contribution in [2.75, 3.05) is 19.0 Å². The molecular formula is C17H14ClF10N5S. The number of anilines is 1. The van der Waals surface area contributed by atoms with E-state index in [1.165, 1.54) is 21.0 Å².